The SMILES string of the molecule is c1ccc2c(c1)-c1ccccc1C21c2ccccc2-c2ccc(N(c3ccc(-c4ccc(-n5c6ccccc6c6ccccc65)cc4)cc3)c3ccc4ccccc4c3)cc21. The van der Waals surface area contributed by atoms with Gasteiger partial charge in [0, 0.05) is 33.5 Å². The van der Waals surface area contributed by atoms with Crippen molar-refractivity contribution >= 4 is 49.6 Å². The summed E-state index contributed by atoms with van der Waals surface area (Å²) >= 11 is 0. The van der Waals surface area contributed by atoms with Crippen LogP contribution in [0.3, 0.4) is 0 Å². The first-order valence-electron chi connectivity index (χ1n) is 21.2. The Bertz CT molecular complexity index is 3420. The minimum Gasteiger partial charge on any atom is -0.310 e. The van der Waals surface area contributed by atoms with Crippen LogP contribution in [0.25, 0.3) is 71.6 Å². The maximum Gasteiger partial charge on any atom is 0.0726 e. The Hall–Kier alpha value is -7.94. The highest BCUT2D eigenvalue weighted by molar-refractivity contribution is 6.09. The summed E-state index contributed by atoms with van der Waals surface area (Å²) in [7, 11) is 0. The lowest BCUT2D eigenvalue weighted by atomic mass is 9.70. The quantitative estimate of drug-likeness (QED) is 0.169. The van der Waals surface area contributed by atoms with Crippen molar-refractivity contribution in [3.05, 3.63) is 253 Å². The smallest absolute Gasteiger partial charge is 0.0726 e. The van der Waals surface area contributed by atoms with Crippen molar-refractivity contribution in [3.63, 3.8) is 0 Å². The summed E-state index contributed by atoms with van der Waals surface area (Å²) in [6.07, 6.45) is 0. The van der Waals surface area contributed by atoms with Gasteiger partial charge in [-0.25, -0.2) is 0 Å². The molecule has 2 nitrogen and oxygen atoms in total. The molecule has 11 aromatic rings. The van der Waals surface area contributed by atoms with Gasteiger partial charge in [-0.1, -0.05) is 170 Å². The Kier molecular flexibility index (Phi) is 7.26. The summed E-state index contributed by atoms with van der Waals surface area (Å²) in [6, 6.07) is 85.3. The van der Waals surface area contributed by atoms with Crippen LogP contribution >= 0.6 is 0 Å². The van der Waals surface area contributed by atoms with Crippen LogP contribution in [0.1, 0.15) is 22.3 Å². The molecule has 0 saturated carbocycles. The minimum absolute atomic E-state index is 0.417. The second-order valence-corrected chi connectivity index (χ2v) is 16.4. The van der Waals surface area contributed by atoms with Crippen LogP contribution in [0.2, 0.25) is 0 Å². The maximum atomic E-state index is 2.48. The number of hydrogen-bond acceptors (Lipinski definition) is 1. The zero-order valence-corrected chi connectivity index (χ0v) is 33.3. The fourth-order valence-corrected chi connectivity index (χ4v) is 10.8. The fraction of sp³-hybridized carbons (Fsp3) is 0.0169. The molecule has 0 radical (unpaired) electrons. The van der Waals surface area contributed by atoms with E-state index in [4.69, 9.17) is 0 Å². The number of rotatable bonds is 5. The van der Waals surface area contributed by atoms with E-state index in [0.717, 1.165) is 22.7 Å². The second-order valence-electron chi connectivity index (χ2n) is 16.4. The van der Waals surface area contributed by atoms with Crippen LogP contribution < -0.4 is 4.90 Å². The van der Waals surface area contributed by atoms with Crippen molar-refractivity contribution in [1.29, 1.82) is 0 Å². The largest absolute Gasteiger partial charge is 0.310 e. The molecular formula is C59H38N2. The first kappa shape index (κ1) is 34.0. The number of para-hydroxylation sites is 2. The Morgan fingerprint density at radius 3 is 1.36 bits per heavy atom. The predicted octanol–water partition coefficient (Wildman–Crippen LogP) is 15.4. The summed E-state index contributed by atoms with van der Waals surface area (Å²) in [5, 5.41) is 4.99. The molecule has 13 rings (SSSR count). The van der Waals surface area contributed by atoms with E-state index in [1.165, 1.54) is 88.2 Å². The zero-order valence-electron chi connectivity index (χ0n) is 33.3. The fourth-order valence-electron chi connectivity index (χ4n) is 10.8. The molecule has 1 spiro atoms. The predicted molar refractivity (Wildman–Crippen MR) is 255 cm³/mol. The molecule has 284 valence electrons. The third-order valence-electron chi connectivity index (χ3n) is 13.4. The van der Waals surface area contributed by atoms with Crippen LogP contribution in [-0.2, 0) is 5.41 Å². The van der Waals surface area contributed by atoms with Gasteiger partial charge < -0.3 is 9.47 Å². The van der Waals surface area contributed by atoms with Crippen molar-refractivity contribution < 1.29 is 0 Å². The van der Waals surface area contributed by atoms with E-state index in [-0.39, 0.29) is 0 Å². The number of aromatic nitrogens is 1. The third-order valence-corrected chi connectivity index (χ3v) is 13.4. The average molecular weight is 775 g/mol. The molecule has 2 heteroatoms. The number of anilines is 3. The van der Waals surface area contributed by atoms with Crippen LogP contribution in [0.15, 0.2) is 231 Å². The van der Waals surface area contributed by atoms with Crippen LogP contribution in [0.5, 0.6) is 0 Å². The van der Waals surface area contributed by atoms with Crippen molar-refractivity contribution in [1.82, 2.24) is 4.57 Å². The van der Waals surface area contributed by atoms with Gasteiger partial charge in [-0.3, -0.25) is 0 Å². The number of benzene rings is 10. The van der Waals surface area contributed by atoms with Gasteiger partial charge >= 0.3 is 0 Å². The van der Waals surface area contributed by atoms with E-state index in [0.29, 0.717) is 0 Å². The van der Waals surface area contributed by atoms with E-state index in [1.807, 2.05) is 0 Å². The van der Waals surface area contributed by atoms with Gasteiger partial charge in [0.25, 0.3) is 0 Å². The lowest BCUT2D eigenvalue weighted by Gasteiger charge is -2.32. The molecule has 0 saturated heterocycles. The van der Waals surface area contributed by atoms with Crippen LogP contribution in [0.4, 0.5) is 17.1 Å². The van der Waals surface area contributed by atoms with Gasteiger partial charge in [0.05, 0.1) is 16.4 Å². The molecule has 0 fully saturated rings. The topological polar surface area (TPSA) is 8.17 Å². The van der Waals surface area contributed by atoms with Crippen molar-refractivity contribution in [3.8, 4) is 39.1 Å². The molecule has 1 heterocycles. The third kappa shape index (κ3) is 4.85. The van der Waals surface area contributed by atoms with Crippen LogP contribution in [0, 0.1) is 0 Å². The van der Waals surface area contributed by atoms with Gasteiger partial charge in [0.2, 0.25) is 0 Å². The van der Waals surface area contributed by atoms with Crippen molar-refractivity contribution in [2.75, 3.05) is 4.90 Å². The molecule has 0 bridgehead atoms. The summed E-state index contributed by atoms with van der Waals surface area (Å²) < 4.78 is 2.38. The molecular weight excluding hydrogens is 737 g/mol. The molecule has 2 aliphatic carbocycles. The molecule has 1 aromatic heterocycles. The molecule has 61 heavy (non-hydrogen) atoms. The van der Waals surface area contributed by atoms with E-state index < -0.39 is 5.41 Å². The molecule has 10 aromatic carbocycles. The Morgan fingerprint density at radius 1 is 0.311 bits per heavy atom. The summed E-state index contributed by atoms with van der Waals surface area (Å²) in [5.41, 5.74) is 19.5. The standard InChI is InChI=1S/C59H38N2/c1-2-14-42-37-45(34-29-39(42)13-1)60(43-30-25-40(26-31-43)41-27-32-44(33-28-41)61-57-23-11-6-18-51(57)52-19-7-12-24-58(52)61)46-35-36-50-49-17-5-10-22-55(49)59(56(50)38-46)53-20-8-3-15-47(53)48-16-4-9-21-54(48)59/h1-38H. The Labute approximate surface area is 354 Å². The average Bonchev–Trinajstić information content (AvgIpc) is 3.94. The highest BCUT2D eigenvalue weighted by atomic mass is 15.1. The van der Waals surface area contributed by atoms with Gasteiger partial charge in [-0.05, 0) is 127 Å². The van der Waals surface area contributed by atoms with Gasteiger partial charge in [0.1, 0.15) is 0 Å². The van der Waals surface area contributed by atoms with E-state index in [1.54, 1.807) is 0 Å². The summed E-state index contributed by atoms with van der Waals surface area (Å²) in [4.78, 5) is 2.44. The summed E-state index contributed by atoms with van der Waals surface area (Å²) in [5.74, 6) is 0. The van der Waals surface area contributed by atoms with Crippen LogP contribution in [-0.4, -0.2) is 4.57 Å². The highest BCUT2D eigenvalue weighted by Gasteiger charge is 2.51. The lowest BCUT2D eigenvalue weighted by Crippen LogP contribution is -2.26. The van der Waals surface area contributed by atoms with Gasteiger partial charge in [0.15, 0.2) is 0 Å². The molecule has 0 unspecified atom stereocenters. The van der Waals surface area contributed by atoms with Gasteiger partial charge in [-0.15, -0.1) is 0 Å². The molecule has 0 aliphatic heterocycles. The molecule has 0 amide bonds. The van der Waals surface area contributed by atoms with E-state index in [9.17, 15) is 0 Å². The lowest BCUT2D eigenvalue weighted by molar-refractivity contribution is 0.793. The molecule has 0 N–H and O–H groups in total. The zero-order chi connectivity index (χ0) is 40.1. The molecule has 2 aliphatic rings. The number of hydrogen-bond donors (Lipinski definition) is 0. The monoisotopic (exact) mass is 774 g/mol. The number of nitrogens with zero attached hydrogens (tertiary/aromatic N) is 2. The Balaban J connectivity index is 0.948. The first-order chi connectivity index (χ1) is 30.3. The van der Waals surface area contributed by atoms with Crippen molar-refractivity contribution in [2.24, 2.45) is 0 Å². The molecule has 0 atom stereocenters. The van der Waals surface area contributed by atoms with E-state index in [2.05, 4.69) is 240 Å². The minimum atomic E-state index is -0.417. The first-order valence-corrected chi connectivity index (χ1v) is 21.2. The summed E-state index contributed by atoms with van der Waals surface area (Å²) in [6.45, 7) is 0. The Morgan fingerprint density at radius 2 is 0.754 bits per heavy atom. The van der Waals surface area contributed by atoms with E-state index >= 15 is 0 Å². The highest BCUT2D eigenvalue weighted by Crippen LogP contribution is 2.63. The maximum absolute atomic E-state index is 2.48. The van der Waals surface area contributed by atoms with Crippen molar-refractivity contribution in [2.45, 2.75) is 5.41 Å². The van der Waals surface area contributed by atoms with Gasteiger partial charge in [-0.2, -0.15) is 0 Å². The second kappa shape index (κ2) is 13.0. The normalized spacial score (nSPS) is 13.0. The number of fused-ring (bicyclic) bond motifs is 14.